The molecule has 3 rings (SSSR count). The number of anilines is 1. The highest BCUT2D eigenvalue weighted by Gasteiger charge is 2.24. The maximum Gasteiger partial charge on any atom is 0.254 e. The Balaban J connectivity index is 1.62. The number of primary amides is 1. The van der Waals surface area contributed by atoms with E-state index in [1.807, 2.05) is 12.1 Å². The molecular formula is C22H27ClN4O4. The van der Waals surface area contributed by atoms with Gasteiger partial charge in [0.05, 0.1) is 6.10 Å². The molecule has 2 aromatic rings. The highest BCUT2D eigenvalue weighted by Crippen LogP contribution is 2.23. The Bertz CT molecular complexity index is 875. The SMILES string of the molecule is NC(=O)CCN(CC1CCCO1)C(=O)c1cc(Cl)cc(OCCNc2ccncc2)c1. The van der Waals surface area contributed by atoms with E-state index in [4.69, 9.17) is 26.8 Å². The summed E-state index contributed by atoms with van der Waals surface area (Å²) in [6.45, 7) is 2.28. The first kappa shape index (κ1) is 22.8. The molecule has 2 amide bonds. The fourth-order valence-electron chi connectivity index (χ4n) is 3.34. The van der Waals surface area contributed by atoms with Crippen LogP contribution in [0.25, 0.3) is 0 Å². The molecule has 0 aliphatic carbocycles. The van der Waals surface area contributed by atoms with Gasteiger partial charge in [0.2, 0.25) is 5.91 Å². The number of rotatable bonds is 11. The first-order chi connectivity index (χ1) is 15.0. The van der Waals surface area contributed by atoms with E-state index in [1.165, 1.54) is 0 Å². The quantitative estimate of drug-likeness (QED) is 0.514. The third kappa shape index (κ3) is 7.41. The highest BCUT2D eigenvalue weighted by molar-refractivity contribution is 6.31. The molecule has 1 aromatic heterocycles. The van der Waals surface area contributed by atoms with Gasteiger partial charge in [-0.2, -0.15) is 0 Å². The van der Waals surface area contributed by atoms with Crippen LogP contribution in [0.1, 0.15) is 29.6 Å². The molecule has 1 fully saturated rings. The Morgan fingerprint density at radius 2 is 2.10 bits per heavy atom. The van der Waals surface area contributed by atoms with E-state index < -0.39 is 5.91 Å². The van der Waals surface area contributed by atoms with Crippen LogP contribution >= 0.6 is 11.6 Å². The van der Waals surface area contributed by atoms with Crippen molar-refractivity contribution in [2.24, 2.45) is 5.73 Å². The van der Waals surface area contributed by atoms with Gasteiger partial charge in [-0.15, -0.1) is 0 Å². The molecular weight excluding hydrogens is 420 g/mol. The first-order valence-electron chi connectivity index (χ1n) is 10.3. The molecule has 1 aliphatic rings. The van der Waals surface area contributed by atoms with Crippen molar-refractivity contribution in [3.63, 3.8) is 0 Å². The van der Waals surface area contributed by atoms with Gasteiger partial charge < -0.3 is 25.4 Å². The maximum absolute atomic E-state index is 13.2. The smallest absolute Gasteiger partial charge is 0.254 e. The number of nitrogens with two attached hydrogens (primary N) is 1. The third-order valence-corrected chi connectivity index (χ3v) is 5.08. The van der Waals surface area contributed by atoms with Crippen LogP contribution in [0.3, 0.4) is 0 Å². The van der Waals surface area contributed by atoms with Gasteiger partial charge in [-0.1, -0.05) is 11.6 Å². The Morgan fingerprint density at radius 1 is 1.29 bits per heavy atom. The van der Waals surface area contributed by atoms with Gasteiger partial charge in [-0.05, 0) is 43.2 Å². The lowest BCUT2D eigenvalue weighted by atomic mass is 10.1. The number of hydrogen-bond donors (Lipinski definition) is 2. The lowest BCUT2D eigenvalue weighted by Crippen LogP contribution is -2.39. The van der Waals surface area contributed by atoms with Gasteiger partial charge in [-0.3, -0.25) is 14.6 Å². The summed E-state index contributed by atoms with van der Waals surface area (Å²) in [6.07, 6.45) is 5.31. The summed E-state index contributed by atoms with van der Waals surface area (Å²) in [5.74, 6) is -0.194. The van der Waals surface area contributed by atoms with Gasteiger partial charge in [0.25, 0.3) is 5.91 Å². The van der Waals surface area contributed by atoms with Crippen LogP contribution in [0.2, 0.25) is 5.02 Å². The third-order valence-electron chi connectivity index (χ3n) is 4.86. The molecule has 1 unspecified atom stereocenters. The van der Waals surface area contributed by atoms with E-state index in [1.54, 1.807) is 35.5 Å². The molecule has 0 radical (unpaired) electrons. The average Bonchev–Trinajstić information content (AvgIpc) is 3.27. The summed E-state index contributed by atoms with van der Waals surface area (Å²) in [4.78, 5) is 30.0. The monoisotopic (exact) mass is 446 g/mol. The number of hydrogen-bond acceptors (Lipinski definition) is 6. The largest absolute Gasteiger partial charge is 0.492 e. The molecule has 0 saturated carbocycles. The van der Waals surface area contributed by atoms with Crippen LogP contribution in [-0.4, -0.2) is 60.7 Å². The molecule has 0 bridgehead atoms. The van der Waals surface area contributed by atoms with Crippen LogP contribution < -0.4 is 15.8 Å². The Kier molecular flexibility index (Phi) is 8.49. The molecule has 9 heteroatoms. The average molecular weight is 447 g/mol. The number of pyridine rings is 1. The number of nitrogens with one attached hydrogen (secondary N) is 1. The number of benzene rings is 1. The van der Waals surface area contributed by atoms with Gasteiger partial charge >= 0.3 is 0 Å². The Hall–Kier alpha value is -2.84. The van der Waals surface area contributed by atoms with E-state index in [2.05, 4.69) is 10.3 Å². The maximum atomic E-state index is 13.2. The standard InChI is InChI=1S/C22H27ClN4O4/c23-17-12-16(13-20(14-17)31-11-8-26-18-3-6-25-7-4-18)22(29)27(9-5-21(24)28)15-19-2-1-10-30-19/h3-4,6-7,12-14,19H,1-2,5,8-11,15H2,(H2,24,28)(H,25,26). The van der Waals surface area contributed by atoms with Gasteiger partial charge in [0.1, 0.15) is 12.4 Å². The van der Waals surface area contributed by atoms with E-state index >= 15 is 0 Å². The van der Waals surface area contributed by atoms with Crippen LogP contribution in [0, 0.1) is 0 Å². The number of ether oxygens (including phenoxy) is 2. The zero-order valence-corrected chi connectivity index (χ0v) is 18.0. The Labute approximate surface area is 186 Å². The van der Waals surface area contributed by atoms with Crippen molar-refractivity contribution in [3.8, 4) is 5.75 Å². The molecule has 0 spiro atoms. The molecule has 166 valence electrons. The predicted molar refractivity (Wildman–Crippen MR) is 118 cm³/mol. The summed E-state index contributed by atoms with van der Waals surface area (Å²) in [5.41, 5.74) is 6.63. The van der Waals surface area contributed by atoms with Crippen molar-refractivity contribution in [1.82, 2.24) is 9.88 Å². The minimum Gasteiger partial charge on any atom is -0.492 e. The van der Waals surface area contributed by atoms with Crippen LogP contribution in [0.15, 0.2) is 42.7 Å². The van der Waals surface area contributed by atoms with Gasteiger partial charge in [0, 0.05) is 61.3 Å². The predicted octanol–water partition coefficient (Wildman–Crippen LogP) is 2.72. The number of carbonyl (C=O) groups is 2. The second-order valence-electron chi connectivity index (χ2n) is 7.29. The number of carbonyl (C=O) groups excluding carboxylic acids is 2. The minimum atomic E-state index is -0.457. The van der Waals surface area contributed by atoms with Crippen molar-refractivity contribution >= 4 is 29.1 Å². The molecule has 8 nitrogen and oxygen atoms in total. The normalized spacial score (nSPS) is 15.5. The first-order valence-corrected chi connectivity index (χ1v) is 10.7. The molecule has 1 aliphatic heterocycles. The summed E-state index contributed by atoms with van der Waals surface area (Å²) < 4.78 is 11.4. The number of aromatic nitrogens is 1. The number of nitrogens with zero attached hydrogens (tertiary/aromatic N) is 2. The van der Waals surface area contributed by atoms with Crippen molar-refractivity contribution in [2.75, 3.05) is 38.2 Å². The lowest BCUT2D eigenvalue weighted by Gasteiger charge is -2.25. The number of amides is 2. The van der Waals surface area contributed by atoms with Crippen LogP contribution in [0.5, 0.6) is 5.75 Å². The molecule has 1 atom stereocenters. The van der Waals surface area contributed by atoms with Crippen molar-refractivity contribution < 1.29 is 19.1 Å². The Morgan fingerprint density at radius 3 is 2.81 bits per heavy atom. The zero-order chi connectivity index (χ0) is 22.1. The summed E-state index contributed by atoms with van der Waals surface area (Å²) in [6, 6.07) is 8.65. The van der Waals surface area contributed by atoms with Crippen LogP contribution in [0.4, 0.5) is 5.69 Å². The van der Waals surface area contributed by atoms with Crippen molar-refractivity contribution in [3.05, 3.63) is 53.3 Å². The van der Waals surface area contributed by atoms with E-state index in [-0.39, 0.29) is 25.0 Å². The second-order valence-corrected chi connectivity index (χ2v) is 7.73. The fraction of sp³-hybridized carbons (Fsp3) is 0.409. The molecule has 2 heterocycles. The van der Waals surface area contributed by atoms with Gasteiger partial charge in [0.15, 0.2) is 0 Å². The molecule has 3 N–H and O–H groups in total. The molecule has 1 saturated heterocycles. The molecule has 1 aromatic carbocycles. The van der Waals surface area contributed by atoms with Crippen molar-refractivity contribution in [2.45, 2.75) is 25.4 Å². The minimum absolute atomic E-state index is 0.0361. The molecule has 31 heavy (non-hydrogen) atoms. The van der Waals surface area contributed by atoms with Crippen molar-refractivity contribution in [1.29, 1.82) is 0 Å². The summed E-state index contributed by atoms with van der Waals surface area (Å²) >= 11 is 6.23. The van der Waals surface area contributed by atoms with E-state index in [0.717, 1.165) is 18.5 Å². The van der Waals surface area contributed by atoms with Crippen LogP contribution in [-0.2, 0) is 9.53 Å². The highest BCUT2D eigenvalue weighted by atomic mass is 35.5. The summed E-state index contributed by atoms with van der Waals surface area (Å²) in [7, 11) is 0. The lowest BCUT2D eigenvalue weighted by molar-refractivity contribution is -0.118. The fourth-order valence-corrected chi connectivity index (χ4v) is 3.57. The van der Waals surface area contributed by atoms with E-state index in [9.17, 15) is 9.59 Å². The zero-order valence-electron chi connectivity index (χ0n) is 17.3. The summed E-state index contributed by atoms with van der Waals surface area (Å²) in [5, 5.41) is 3.62. The van der Waals surface area contributed by atoms with Gasteiger partial charge in [-0.25, -0.2) is 0 Å². The topological polar surface area (TPSA) is 107 Å². The number of halogens is 1. The van der Waals surface area contributed by atoms with E-state index in [0.29, 0.717) is 42.6 Å². The second kappa shape index (κ2) is 11.5.